The lowest BCUT2D eigenvalue weighted by molar-refractivity contribution is 0.0968. The van der Waals surface area contributed by atoms with Crippen LogP contribution in [0.25, 0.3) is 22.0 Å². The zero-order valence-corrected chi connectivity index (χ0v) is 18.5. The normalized spacial score (nSPS) is 16.8. The van der Waals surface area contributed by atoms with E-state index in [1.807, 2.05) is 31.2 Å². The highest BCUT2D eigenvalue weighted by Gasteiger charge is 2.20. The molecule has 1 unspecified atom stereocenters. The molecule has 4 nitrogen and oxygen atoms in total. The predicted molar refractivity (Wildman–Crippen MR) is 127 cm³/mol. The standard InChI is InChI=1S/C26H26N2O2S/c1-2-29-25-15-6-5-14-23(25)27-26-28(17-20-11-8-16-30-20)24(18-31-26)22-13-7-10-19-9-3-4-12-21(19)22/h3-7,9-10,12-15,18,20H,2,8,11,16-17H2,1H3. The first-order valence-electron chi connectivity index (χ1n) is 10.9. The van der Waals surface area contributed by atoms with Gasteiger partial charge in [0, 0.05) is 17.6 Å². The summed E-state index contributed by atoms with van der Waals surface area (Å²) in [5.41, 5.74) is 3.27. The fraction of sp³-hybridized carbons (Fsp3) is 0.269. The molecule has 1 aromatic heterocycles. The van der Waals surface area contributed by atoms with Gasteiger partial charge in [0.2, 0.25) is 0 Å². The van der Waals surface area contributed by atoms with Crippen LogP contribution in [0, 0.1) is 0 Å². The van der Waals surface area contributed by atoms with Gasteiger partial charge in [-0.15, -0.1) is 11.3 Å². The van der Waals surface area contributed by atoms with Gasteiger partial charge in [-0.1, -0.05) is 54.6 Å². The monoisotopic (exact) mass is 430 g/mol. The minimum absolute atomic E-state index is 0.226. The van der Waals surface area contributed by atoms with E-state index in [4.69, 9.17) is 14.5 Å². The van der Waals surface area contributed by atoms with Crippen molar-refractivity contribution in [2.45, 2.75) is 32.4 Å². The molecule has 0 saturated carbocycles. The Kier molecular flexibility index (Phi) is 5.87. The Hall–Kier alpha value is -2.89. The third-order valence-electron chi connectivity index (χ3n) is 5.65. The first-order chi connectivity index (χ1) is 15.3. The lowest BCUT2D eigenvalue weighted by Crippen LogP contribution is -2.24. The van der Waals surface area contributed by atoms with Crippen molar-refractivity contribution in [1.82, 2.24) is 4.57 Å². The maximum atomic E-state index is 5.99. The maximum absolute atomic E-state index is 5.99. The molecular weight excluding hydrogens is 404 g/mol. The van der Waals surface area contributed by atoms with Gasteiger partial charge < -0.3 is 14.0 Å². The van der Waals surface area contributed by atoms with E-state index in [0.29, 0.717) is 6.61 Å². The smallest absolute Gasteiger partial charge is 0.190 e. The molecule has 0 amide bonds. The number of hydrogen-bond donors (Lipinski definition) is 0. The summed E-state index contributed by atoms with van der Waals surface area (Å²) in [6.45, 7) is 4.27. The second-order valence-corrected chi connectivity index (χ2v) is 8.52. The number of rotatable bonds is 6. The van der Waals surface area contributed by atoms with Crippen molar-refractivity contribution in [1.29, 1.82) is 0 Å². The molecule has 158 valence electrons. The van der Waals surface area contributed by atoms with E-state index in [-0.39, 0.29) is 6.10 Å². The Morgan fingerprint density at radius 1 is 1.06 bits per heavy atom. The lowest BCUT2D eigenvalue weighted by Gasteiger charge is -2.15. The Morgan fingerprint density at radius 2 is 1.90 bits per heavy atom. The molecule has 1 fully saturated rings. The summed E-state index contributed by atoms with van der Waals surface area (Å²) in [7, 11) is 0. The van der Waals surface area contributed by atoms with E-state index in [9.17, 15) is 0 Å². The summed E-state index contributed by atoms with van der Waals surface area (Å²) in [4.78, 5) is 5.99. The van der Waals surface area contributed by atoms with Crippen molar-refractivity contribution >= 4 is 27.8 Å². The van der Waals surface area contributed by atoms with Gasteiger partial charge in [0.25, 0.3) is 0 Å². The fourth-order valence-electron chi connectivity index (χ4n) is 4.18. The molecule has 2 heterocycles. The molecule has 1 aliphatic rings. The van der Waals surface area contributed by atoms with Crippen molar-refractivity contribution in [3.63, 3.8) is 0 Å². The molecule has 0 aliphatic carbocycles. The number of hydrogen-bond acceptors (Lipinski definition) is 4. The van der Waals surface area contributed by atoms with Gasteiger partial charge >= 0.3 is 0 Å². The largest absolute Gasteiger partial charge is 0.492 e. The molecule has 1 aliphatic heterocycles. The van der Waals surface area contributed by atoms with Crippen molar-refractivity contribution in [3.8, 4) is 17.0 Å². The van der Waals surface area contributed by atoms with Gasteiger partial charge in [-0.2, -0.15) is 0 Å². The molecule has 4 aromatic rings. The first-order valence-corrected chi connectivity index (χ1v) is 11.8. The predicted octanol–water partition coefficient (Wildman–Crippen LogP) is 6.18. The number of nitrogens with zero attached hydrogens (tertiary/aromatic N) is 2. The minimum atomic E-state index is 0.226. The van der Waals surface area contributed by atoms with Gasteiger partial charge in [0.1, 0.15) is 11.4 Å². The van der Waals surface area contributed by atoms with Crippen LogP contribution >= 0.6 is 11.3 Å². The third-order valence-corrected chi connectivity index (χ3v) is 6.52. The van der Waals surface area contributed by atoms with E-state index in [1.54, 1.807) is 11.3 Å². The molecule has 1 atom stereocenters. The number of para-hydroxylation sites is 2. The van der Waals surface area contributed by atoms with E-state index in [0.717, 1.165) is 42.2 Å². The van der Waals surface area contributed by atoms with E-state index in [1.165, 1.54) is 22.0 Å². The van der Waals surface area contributed by atoms with Crippen molar-refractivity contribution in [2.24, 2.45) is 4.99 Å². The number of benzene rings is 3. The van der Waals surface area contributed by atoms with Crippen LogP contribution in [-0.4, -0.2) is 23.9 Å². The van der Waals surface area contributed by atoms with Crippen molar-refractivity contribution in [2.75, 3.05) is 13.2 Å². The van der Waals surface area contributed by atoms with Gasteiger partial charge in [0.15, 0.2) is 4.80 Å². The van der Waals surface area contributed by atoms with Crippen LogP contribution in [-0.2, 0) is 11.3 Å². The van der Waals surface area contributed by atoms with E-state index < -0.39 is 0 Å². The number of fused-ring (bicyclic) bond motifs is 1. The highest BCUT2D eigenvalue weighted by atomic mass is 32.1. The molecular formula is C26H26N2O2S. The van der Waals surface area contributed by atoms with Crippen LogP contribution < -0.4 is 9.54 Å². The van der Waals surface area contributed by atoms with Crippen LogP contribution in [0.2, 0.25) is 0 Å². The fourth-order valence-corrected chi connectivity index (χ4v) is 5.10. The average Bonchev–Trinajstić information content (AvgIpc) is 3.46. The molecule has 3 aromatic carbocycles. The van der Waals surface area contributed by atoms with Crippen molar-refractivity contribution in [3.05, 3.63) is 76.9 Å². The summed E-state index contributed by atoms with van der Waals surface area (Å²) < 4.78 is 14.1. The minimum Gasteiger partial charge on any atom is -0.492 e. The number of thiazole rings is 1. The van der Waals surface area contributed by atoms with Crippen LogP contribution in [0.4, 0.5) is 5.69 Å². The summed E-state index contributed by atoms with van der Waals surface area (Å²) in [6.07, 6.45) is 2.44. The van der Waals surface area contributed by atoms with Gasteiger partial charge in [-0.3, -0.25) is 0 Å². The second kappa shape index (κ2) is 9.08. The summed E-state index contributed by atoms with van der Waals surface area (Å²) in [5.74, 6) is 0.814. The van der Waals surface area contributed by atoms with Gasteiger partial charge in [-0.25, -0.2) is 4.99 Å². The molecule has 31 heavy (non-hydrogen) atoms. The second-order valence-electron chi connectivity index (χ2n) is 7.69. The van der Waals surface area contributed by atoms with Gasteiger partial charge in [0.05, 0.1) is 24.9 Å². The topological polar surface area (TPSA) is 35.8 Å². The quantitative estimate of drug-likeness (QED) is 0.366. The zero-order chi connectivity index (χ0) is 21.0. The summed E-state index contributed by atoms with van der Waals surface area (Å²) in [5, 5.41) is 4.72. The van der Waals surface area contributed by atoms with E-state index in [2.05, 4.69) is 52.4 Å². The Balaban J connectivity index is 1.67. The van der Waals surface area contributed by atoms with E-state index >= 15 is 0 Å². The molecule has 1 saturated heterocycles. The van der Waals surface area contributed by atoms with Crippen LogP contribution in [0.3, 0.4) is 0 Å². The summed E-state index contributed by atoms with van der Waals surface area (Å²) in [6, 6.07) is 23.0. The zero-order valence-electron chi connectivity index (χ0n) is 17.7. The van der Waals surface area contributed by atoms with Crippen LogP contribution in [0.1, 0.15) is 19.8 Å². The molecule has 5 rings (SSSR count). The third kappa shape index (κ3) is 4.16. The molecule has 0 N–H and O–H groups in total. The van der Waals surface area contributed by atoms with Crippen LogP contribution in [0.15, 0.2) is 77.1 Å². The molecule has 5 heteroatoms. The first kappa shape index (κ1) is 20.0. The maximum Gasteiger partial charge on any atom is 0.190 e. The molecule has 0 spiro atoms. The number of ether oxygens (including phenoxy) is 2. The Morgan fingerprint density at radius 3 is 2.77 bits per heavy atom. The van der Waals surface area contributed by atoms with Gasteiger partial charge in [-0.05, 0) is 42.7 Å². The highest BCUT2D eigenvalue weighted by Crippen LogP contribution is 2.31. The Labute approximate surface area is 186 Å². The number of aromatic nitrogens is 1. The molecule has 0 bridgehead atoms. The van der Waals surface area contributed by atoms with Crippen LogP contribution in [0.5, 0.6) is 5.75 Å². The SMILES string of the molecule is CCOc1ccccc1N=c1scc(-c2cccc3ccccc23)n1CC1CCCO1. The molecule has 0 radical (unpaired) electrons. The van der Waals surface area contributed by atoms with Crippen molar-refractivity contribution < 1.29 is 9.47 Å². The summed E-state index contributed by atoms with van der Waals surface area (Å²) >= 11 is 1.67. The average molecular weight is 431 g/mol. The Bertz CT molecular complexity index is 1250. The lowest BCUT2D eigenvalue weighted by atomic mass is 10.0. The highest BCUT2D eigenvalue weighted by molar-refractivity contribution is 7.07.